The van der Waals surface area contributed by atoms with E-state index in [1.54, 1.807) is 0 Å². The van der Waals surface area contributed by atoms with Crippen LogP contribution in [0, 0.1) is 11.6 Å². The maximum Gasteiger partial charge on any atom is 0.419 e. The second-order valence-electron chi connectivity index (χ2n) is 7.73. The second kappa shape index (κ2) is 8.70. The third-order valence-electron chi connectivity index (χ3n) is 5.15. The molecule has 13 heteroatoms. The maximum absolute atomic E-state index is 14.6. The van der Waals surface area contributed by atoms with Crippen molar-refractivity contribution in [2.75, 3.05) is 11.9 Å². The van der Waals surface area contributed by atoms with Crippen LogP contribution in [0.25, 0.3) is 5.82 Å². The molecule has 1 aliphatic rings. The third-order valence-corrected chi connectivity index (χ3v) is 5.15. The number of benzene rings is 1. The van der Waals surface area contributed by atoms with Crippen molar-refractivity contribution in [1.82, 2.24) is 19.9 Å². The normalized spacial score (nSPS) is 17.7. The molecule has 0 spiro atoms. The van der Waals surface area contributed by atoms with Crippen LogP contribution in [0.5, 0.6) is 0 Å². The van der Waals surface area contributed by atoms with Gasteiger partial charge in [0, 0.05) is 18.7 Å². The van der Waals surface area contributed by atoms with Crippen molar-refractivity contribution in [2.45, 2.75) is 31.0 Å². The molecule has 1 amide bonds. The molecule has 0 unspecified atom stereocenters. The van der Waals surface area contributed by atoms with Crippen LogP contribution in [0.1, 0.15) is 29.3 Å². The van der Waals surface area contributed by atoms with Crippen molar-refractivity contribution in [3.63, 3.8) is 0 Å². The molecule has 1 aliphatic heterocycles. The summed E-state index contributed by atoms with van der Waals surface area (Å²) >= 11 is 0. The number of anilines is 1. The van der Waals surface area contributed by atoms with E-state index in [-0.39, 0.29) is 17.2 Å². The number of hydrogen-bond acceptors (Lipinski definition) is 4. The van der Waals surface area contributed by atoms with Crippen molar-refractivity contribution in [2.24, 2.45) is 0 Å². The number of amides is 1. The molecule has 2 N–H and O–H groups in total. The molecule has 3 aromatic rings. The Hall–Kier alpha value is -3.48. The predicted molar refractivity (Wildman–Crippen MR) is 105 cm³/mol. The van der Waals surface area contributed by atoms with Gasteiger partial charge in [-0.05, 0) is 11.6 Å². The SMILES string of the molecule is O=C(Cc1cccc(C(F)(F)F)c1F)Nc1cnc(-n2cnc([C@H]3CC(F)(F)CN3)c2)c(F)c1. The Morgan fingerprint density at radius 3 is 2.65 bits per heavy atom. The smallest absolute Gasteiger partial charge is 0.324 e. The number of nitrogens with zero attached hydrogens (tertiary/aromatic N) is 3. The molecular formula is C21H16F7N5O. The summed E-state index contributed by atoms with van der Waals surface area (Å²) < 4.78 is 95.1. The minimum Gasteiger partial charge on any atom is -0.324 e. The molecule has 4 rings (SSSR count). The Bertz CT molecular complexity index is 1220. The molecule has 0 aliphatic carbocycles. The van der Waals surface area contributed by atoms with Crippen LogP contribution in [0.2, 0.25) is 0 Å². The Morgan fingerprint density at radius 1 is 1.24 bits per heavy atom. The molecule has 3 heterocycles. The number of aromatic nitrogens is 3. The average Bonchev–Trinajstić information content (AvgIpc) is 3.35. The van der Waals surface area contributed by atoms with E-state index in [4.69, 9.17) is 0 Å². The first-order valence-corrected chi connectivity index (χ1v) is 9.88. The van der Waals surface area contributed by atoms with Gasteiger partial charge in [0.1, 0.15) is 12.1 Å². The lowest BCUT2D eigenvalue weighted by atomic mass is 10.1. The lowest BCUT2D eigenvalue weighted by molar-refractivity contribution is -0.140. The van der Waals surface area contributed by atoms with E-state index in [1.165, 1.54) is 17.1 Å². The number of carbonyl (C=O) groups is 1. The van der Waals surface area contributed by atoms with Crippen LogP contribution < -0.4 is 10.6 Å². The summed E-state index contributed by atoms with van der Waals surface area (Å²) in [5, 5.41) is 4.88. The summed E-state index contributed by atoms with van der Waals surface area (Å²) in [6.45, 7) is -0.490. The highest BCUT2D eigenvalue weighted by atomic mass is 19.4. The first-order valence-electron chi connectivity index (χ1n) is 9.88. The average molecular weight is 487 g/mol. The summed E-state index contributed by atoms with van der Waals surface area (Å²) in [5.74, 6) is -6.42. The molecular weight excluding hydrogens is 471 g/mol. The van der Waals surface area contributed by atoms with Crippen LogP contribution >= 0.6 is 0 Å². The second-order valence-corrected chi connectivity index (χ2v) is 7.73. The molecule has 0 radical (unpaired) electrons. The Morgan fingerprint density at radius 2 is 2.00 bits per heavy atom. The third kappa shape index (κ3) is 5.03. The van der Waals surface area contributed by atoms with Crippen molar-refractivity contribution in [1.29, 1.82) is 0 Å². The quantitative estimate of drug-likeness (QED) is 0.523. The van der Waals surface area contributed by atoms with E-state index in [0.29, 0.717) is 6.07 Å². The Kier molecular flexibility index (Phi) is 6.06. The van der Waals surface area contributed by atoms with Crippen LogP contribution in [0.4, 0.5) is 36.4 Å². The van der Waals surface area contributed by atoms with Gasteiger partial charge in [-0.1, -0.05) is 12.1 Å². The van der Waals surface area contributed by atoms with Gasteiger partial charge >= 0.3 is 6.18 Å². The molecule has 0 bridgehead atoms. The zero-order chi connectivity index (χ0) is 24.7. The monoisotopic (exact) mass is 487 g/mol. The number of nitrogens with one attached hydrogen (secondary N) is 2. The van der Waals surface area contributed by atoms with Gasteiger partial charge in [-0.25, -0.2) is 27.5 Å². The first-order chi connectivity index (χ1) is 15.9. The van der Waals surface area contributed by atoms with E-state index < -0.39 is 66.2 Å². The number of rotatable bonds is 5. The molecule has 1 atom stereocenters. The Labute approximate surface area is 187 Å². The number of alkyl halides is 5. The van der Waals surface area contributed by atoms with E-state index in [2.05, 4.69) is 20.6 Å². The van der Waals surface area contributed by atoms with Gasteiger partial charge in [0.15, 0.2) is 11.6 Å². The van der Waals surface area contributed by atoms with E-state index in [9.17, 15) is 35.5 Å². The lowest BCUT2D eigenvalue weighted by Crippen LogP contribution is -2.19. The number of carbonyl (C=O) groups excluding carboxylic acids is 1. The van der Waals surface area contributed by atoms with E-state index in [0.717, 1.165) is 24.4 Å². The fourth-order valence-electron chi connectivity index (χ4n) is 3.56. The number of imidazole rings is 1. The molecule has 6 nitrogen and oxygen atoms in total. The molecule has 1 fully saturated rings. The van der Waals surface area contributed by atoms with E-state index in [1.807, 2.05) is 0 Å². The standard InChI is InChI=1S/C21H16F7N5O/c22-14-5-12(32-17(34)4-11-2-1-3-13(18(11)23)21(26,27)28)7-29-19(14)33-8-16(31-10-33)15-6-20(24,25)9-30-15/h1-3,5,7-8,10,15,30H,4,6,9H2,(H,32,34)/t15-/m1/s1. The Balaban J connectivity index is 1.45. The topological polar surface area (TPSA) is 71.8 Å². The number of pyridine rings is 1. The van der Waals surface area contributed by atoms with Gasteiger partial charge in [-0.2, -0.15) is 13.2 Å². The fourth-order valence-corrected chi connectivity index (χ4v) is 3.56. The highest BCUT2D eigenvalue weighted by molar-refractivity contribution is 5.92. The van der Waals surface area contributed by atoms with Crippen LogP contribution in [-0.4, -0.2) is 32.9 Å². The molecule has 0 saturated carbocycles. The largest absolute Gasteiger partial charge is 0.419 e. The fraction of sp³-hybridized carbons (Fsp3) is 0.286. The van der Waals surface area contributed by atoms with Crippen molar-refractivity contribution in [3.05, 3.63) is 71.4 Å². The summed E-state index contributed by atoms with van der Waals surface area (Å²) in [4.78, 5) is 20.1. The van der Waals surface area contributed by atoms with Crippen molar-refractivity contribution >= 4 is 11.6 Å². The van der Waals surface area contributed by atoms with Gasteiger partial charge in [0.2, 0.25) is 5.91 Å². The number of hydrogen-bond donors (Lipinski definition) is 2. The van der Waals surface area contributed by atoms with Crippen molar-refractivity contribution < 1.29 is 35.5 Å². The minimum absolute atomic E-state index is 0.115. The van der Waals surface area contributed by atoms with Gasteiger partial charge in [-0.3, -0.25) is 9.36 Å². The van der Waals surface area contributed by atoms with Crippen LogP contribution in [0.15, 0.2) is 43.0 Å². The van der Waals surface area contributed by atoms with Gasteiger partial charge in [0.05, 0.1) is 42.1 Å². The molecule has 1 aromatic carbocycles. The molecule has 34 heavy (non-hydrogen) atoms. The molecule has 2 aromatic heterocycles. The minimum atomic E-state index is -4.92. The zero-order valence-corrected chi connectivity index (χ0v) is 17.1. The lowest BCUT2D eigenvalue weighted by Gasteiger charge is -2.11. The highest BCUT2D eigenvalue weighted by Gasteiger charge is 2.40. The maximum atomic E-state index is 14.6. The van der Waals surface area contributed by atoms with Gasteiger partial charge in [-0.15, -0.1) is 0 Å². The zero-order valence-electron chi connectivity index (χ0n) is 17.1. The summed E-state index contributed by atoms with van der Waals surface area (Å²) in [6.07, 6.45) is -2.45. The molecule has 1 saturated heterocycles. The van der Waals surface area contributed by atoms with Crippen LogP contribution in [0.3, 0.4) is 0 Å². The highest BCUT2D eigenvalue weighted by Crippen LogP contribution is 2.34. The van der Waals surface area contributed by atoms with Gasteiger partial charge < -0.3 is 10.6 Å². The summed E-state index contributed by atoms with van der Waals surface area (Å²) in [5.41, 5.74) is -1.81. The van der Waals surface area contributed by atoms with E-state index >= 15 is 0 Å². The predicted octanol–water partition coefficient (Wildman–Crippen LogP) is 4.42. The van der Waals surface area contributed by atoms with Gasteiger partial charge in [0.25, 0.3) is 5.92 Å². The summed E-state index contributed by atoms with van der Waals surface area (Å²) in [7, 11) is 0. The number of halogens is 7. The van der Waals surface area contributed by atoms with Crippen molar-refractivity contribution in [3.8, 4) is 5.82 Å². The molecule has 180 valence electrons. The first kappa shape index (κ1) is 23.7. The van der Waals surface area contributed by atoms with Crippen LogP contribution in [-0.2, 0) is 17.4 Å². The summed E-state index contributed by atoms with van der Waals surface area (Å²) in [6, 6.07) is 2.79.